The molecular weight excluding hydrogens is 395 g/mol. The normalized spacial score (nSPS) is 11.2. The molecule has 1 aromatic carbocycles. The number of ether oxygens (including phenoxy) is 3. The first kappa shape index (κ1) is 19.9. The second-order valence-corrected chi connectivity index (χ2v) is 5.41. The molecule has 3 aromatic rings. The highest BCUT2D eigenvalue weighted by Crippen LogP contribution is 2.28. The third-order valence-electron chi connectivity index (χ3n) is 3.41. The van der Waals surface area contributed by atoms with E-state index in [0.717, 1.165) is 18.5 Å². The lowest BCUT2D eigenvalue weighted by Gasteiger charge is -2.11. The summed E-state index contributed by atoms with van der Waals surface area (Å²) in [7, 11) is 0. The number of halogens is 3. The van der Waals surface area contributed by atoms with Crippen LogP contribution in [-0.2, 0) is 4.74 Å². The number of carbonyl (C=O) groups is 1. The summed E-state index contributed by atoms with van der Waals surface area (Å²) >= 11 is 0. The summed E-state index contributed by atoms with van der Waals surface area (Å²) in [6.07, 6.45) is -2.45. The van der Waals surface area contributed by atoms with E-state index in [2.05, 4.69) is 19.8 Å². The maximum absolute atomic E-state index is 12.3. The number of benzene rings is 1. The first-order valence-electron chi connectivity index (χ1n) is 8.13. The Balaban J connectivity index is 1.83. The number of nitrogen functional groups attached to an aromatic ring is 1. The van der Waals surface area contributed by atoms with E-state index in [1.807, 2.05) is 0 Å². The second kappa shape index (κ2) is 8.04. The van der Waals surface area contributed by atoms with Crippen LogP contribution in [0.15, 0.2) is 42.9 Å². The van der Waals surface area contributed by atoms with Crippen LogP contribution < -0.4 is 15.2 Å². The predicted molar refractivity (Wildman–Crippen MR) is 92.7 cm³/mol. The van der Waals surface area contributed by atoms with Gasteiger partial charge in [-0.25, -0.2) is 14.8 Å². The summed E-state index contributed by atoms with van der Waals surface area (Å²) in [5, 5.41) is 3.99. The topological polar surface area (TPSA) is 114 Å². The van der Waals surface area contributed by atoms with Gasteiger partial charge in [0.05, 0.1) is 12.8 Å². The molecule has 0 saturated carbocycles. The van der Waals surface area contributed by atoms with Crippen molar-refractivity contribution in [3.63, 3.8) is 0 Å². The number of nitrogens with zero attached hydrogens (tertiary/aromatic N) is 4. The van der Waals surface area contributed by atoms with E-state index >= 15 is 0 Å². The van der Waals surface area contributed by atoms with E-state index in [4.69, 9.17) is 15.2 Å². The van der Waals surface area contributed by atoms with Gasteiger partial charge in [-0.15, -0.1) is 13.2 Å². The van der Waals surface area contributed by atoms with E-state index in [1.54, 1.807) is 6.92 Å². The second-order valence-electron chi connectivity index (χ2n) is 5.41. The average molecular weight is 409 g/mol. The number of rotatable bonds is 6. The van der Waals surface area contributed by atoms with Crippen LogP contribution in [0.4, 0.5) is 19.0 Å². The monoisotopic (exact) mass is 409 g/mol. The van der Waals surface area contributed by atoms with Crippen molar-refractivity contribution in [2.45, 2.75) is 13.3 Å². The summed E-state index contributed by atoms with van der Waals surface area (Å²) < 4.78 is 52.4. The number of alkyl halides is 3. The van der Waals surface area contributed by atoms with Crippen LogP contribution in [0, 0.1) is 0 Å². The molecular formula is C17H14F3N5O4. The van der Waals surface area contributed by atoms with Crippen LogP contribution in [0.3, 0.4) is 0 Å². The molecule has 0 aliphatic carbocycles. The minimum Gasteiger partial charge on any atom is -0.462 e. The van der Waals surface area contributed by atoms with Crippen molar-refractivity contribution in [1.82, 2.24) is 19.7 Å². The first-order valence-corrected chi connectivity index (χ1v) is 8.13. The molecule has 0 spiro atoms. The lowest BCUT2D eigenvalue weighted by Crippen LogP contribution is -2.17. The Bertz CT molecular complexity index is 1020. The number of hydrogen-bond acceptors (Lipinski definition) is 8. The van der Waals surface area contributed by atoms with Crippen LogP contribution >= 0.6 is 0 Å². The third kappa shape index (κ3) is 4.91. The largest absolute Gasteiger partial charge is 0.573 e. The van der Waals surface area contributed by atoms with Crippen LogP contribution in [0.5, 0.6) is 17.4 Å². The molecule has 0 saturated heterocycles. The fraction of sp³-hybridized carbons (Fsp3) is 0.176. The molecule has 152 valence electrons. The van der Waals surface area contributed by atoms with Crippen LogP contribution in [0.1, 0.15) is 17.3 Å². The van der Waals surface area contributed by atoms with Gasteiger partial charge in [0.25, 0.3) is 0 Å². The van der Waals surface area contributed by atoms with Crippen LogP contribution in [-0.4, -0.2) is 38.7 Å². The number of aromatic nitrogens is 4. The SMILES string of the molecule is CCOC(=O)c1cnn(-c2cc(Oc3cccc(OC(F)(F)F)c3)ncn2)c1N. The van der Waals surface area contributed by atoms with Crippen LogP contribution in [0.25, 0.3) is 5.82 Å². The minimum atomic E-state index is -4.82. The van der Waals surface area contributed by atoms with Gasteiger partial charge < -0.3 is 19.9 Å². The molecule has 12 heteroatoms. The fourth-order valence-electron chi connectivity index (χ4n) is 2.26. The van der Waals surface area contributed by atoms with E-state index in [-0.39, 0.29) is 35.4 Å². The lowest BCUT2D eigenvalue weighted by molar-refractivity contribution is -0.274. The maximum Gasteiger partial charge on any atom is 0.573 e. The molecule has 2 N–H and O–H groups in total. The Hall–Kier alpha value is -3.83. The molecule has 2 heterocycles. The number of esters is 1. The van der Waals surface area contributed by atoms with Gasteiger partial charge in [-0.3, -0.25) is 0 Å². The molecule has 0 atom stereocenters. The highest BCUT2D eigenvalue weighted by molar-refractivity contribution is 5.94. The summed E-state index contributed by atoms with van der Waals surface area (Å²) in [6.45, 7) is 1.83. The number of nitrogens with two attached hydrogens (primary N) is 1. The zero-order chi connectivity index (χ0) is 21.0. The quantitative estimate of drug-likeness (QED) is 0.618. The minimum absolute atomic E-state index is 0.00586. The van der Waals surface area contributed by atoms with Gasteiger partial charge in [0.1, 0.15) is 29.2 Å². The van der Waals surface area contributed by atoms with Crippen molar-refractivity contribution in [2.24, 2.45) is 0 Å². The Labute approximate surface area is 161 Å². The molecule has 29 heavy (non-hydrogen) atoms. The van der Waals surface area contributed by atoms with Crippen molar-refractivity contribution >= 4 is 11.8 Å². The number of anilines is 1. The van der Waals surface area contributed by atoms with Gasteiger partial charge in [-0.1, -0.05) is 6.07 Å². The average Bonchev–Trinajstić information content (AvgIpc) is 3.02. The Morgan fingerprint density at radius 3 is 2.69 bits per heavy atom. The van der Waals surface area contributed by atoms with E-state index < -0.39 is 18.1 Å². The highest BCUT2D eigenvalue weighted by atomic mass is 19.4. The lowest BCUT2D eigenvalue weighted by atomic mass is 10.3. The van der Waals surface area contributed by atoms with Gasteiger partial charge >= 0.3 is 12.3 Å². The summed E-state index contributed by atoms with van der Waals surface area (Å²) in [6, 6.07) is 6.28. The molecule has 9 nitrogen and oxygen atoms in total. The van der Waals surface area contributed by atoms with E-state index in [9.17, 15) is 18.0 Å². The summed E-state index contributed by atoms with van der Waals surface area (Å²) in [4.78, 5) is 19.7. The maximum atomic E-state index is 12.3. The molecule has 0 aliphatic heterocycles. The molecule has 0 unspecified atom stereocenters. The summed E-state index contributed by atoms with van der Waals surface area (Å²) in [5.41, 5.74) is 5.98. The Morgan fingerprint density at radius 2 is 1.97 bits per heavy atom. The fourth-order valence-corrected chi connectivity index (χ4v) is 2.26. The van der Waals surface area contributed by atoms with E-state index in [1.165, 1.54) is 29.1 Å². The van der Waals surface area contributed by atoms with Gasteiger partial charge in [0, 0.05) is 12.1 Å². The highest BCUT2D eigenvalue weighted by Gasteiger charge is 2.31. The Morgan fingerprint density at radius 1 is 1.21 bits per heavy atom. The van der Waals surface area contributed by atoms with Crippen molar-refractivity contribution in [1.29, 1.82) is 0 Å². The van der Waals surface area contributed by atoms with E-state index in [0.29, 0.717) is 0 Å². The molecule has 3 rings (SSSR count). The molecule has 0 fully saturated rings. The molecule has 0 radical (unpaired) electrons. The Kier molecular flexibility index (Phi) is 5.52. The van der Waals surface area contributed by atoms with Crippen molar-refractivity contribution < 1.29 is 32.2 Å². The van der Waals surface area contributed by atoms with Crippen molar-refractivity contribution in [3.8, 4) is 23.2 Å². The standard InChI is InChI=1S/C17H14F3N5O4/c1-2-27-16(26)12-8-24-25(15(12)21)13-7-14(23-9-22-13)28-10-4-3-5-11(6-10)29-17(18,19)20/h3-9H,2,21H2,1H3. The van der Waals surface area contributed by atoms with Gasteiger partial charge in [-0.05, 0) is 19.1 Å². The number of hydrogen-bond donors (Lipinski definition) is 1. The smallest absolute Gasteiger partial charge is 0.462 e. The predicted octanol–water partition coefficient (Wildman–Crippen LogP) is 3.11. The number of carbonyl (C=O) groups excluding carboxylic acids is 1. The zero-order valence-corrected chi connectivity index (χ0v) is 14.9. The van der Waals surface area contributed by atoms with Gasteiger partial charge in [0.2, 0.25) is 5.88 Å². The van der Waals surface area contributed by atoms with Gasteiger partial charge in [0.15, 0.2) is 5.82 Å². The van der Waals surface area contributed by atoms with Gasteiger partial charge in [-0.2, -0.15) is 9.78 Å². The molecule has 0 amide bonds. The van der Waals surface area contributed by atoms with Crippen molar-refractivity contribution in [2.75, 3.05) is 12.3 Å². The molecule has 0 bridgehead atoms. The van der Waals surface area contributed by atoms with Crippen molar-refractivity contribution in [3.05, 3.63) is 48.4 Å². The first-order chi connectivity index (χ1) is 13.8. The molecule has 2 aromatic heterocycles. The zero-order valence-electron chi connectivity index (χ0n) is 14.9. The van der Waals surface area contributed by atoms with Crippen LogP contribution in [0.2, 0.25) is 0 Å². The third-order valence-corrected chi connectivity index (χ3v) is 3.41. The molecule has 0 aliphatic rings. The summed E-state index contributed by atoms with van der Waals surface area (Å²) in [5.74, 6) is -0.855.